The fourth-order valence-corrected chi connectivity index (χ4v) is 2.12. The Balaban J connectivity index is 2.08. The van der Waals surface area contributed by atoms with Crippen LogP contribution in [0.4, 0.5) is 11.5 Å². The van der Waals surface area contributed by atoms with Crippen molar-refractivity contribution in [3.8, 4) is 0 Å². The first kappa shape index (κ1) is 10.0. The lowest BCUT2D eigenvalue weighted by atomic mass is 10.1. The van der Waals surface area contributed by atoms with Gasteiger partial charge in [-0.25, -0.2) is 4.58 Å². The predicted octanol–water partition coefficient (Wildman–Crippen LogP) is 2.25. The fourth-order valence-electron chi connectivity index (χ4n) is 2.12. The number of para-hydroxylation sites is 1. The Kier molecular flexibility index (Phi) is 2.37. The molecule has 3 nitrogen and oxygen atoms in total. The Morgan fingerprint density at radius 2 is 1.94 bits per heavy atom. The molecule has 1 aliphatic heterocycles. The fraction of sp³-hybridized carbons (Fsp3) is 0.143. The summed E-state index contributed by atoms with van der Waals surface area (Å²) in [5, 5.41) is 0. The minimum Gasteiger partial charge on any atom is -0.338 e. The number of rotatable bonds is 1. The third kappa shape index (κ3) is 1.80. The second kappa shape index (κ2) is 4.01. The number of hydrogen-bond donors (Lipinski definition) is 0. The molecule has 3 heteroatoms. The number of nitrogens with zero attached hydrogens (tertiary/aromatic N) is 3. The van der Waals surface area contributed by atoms with Gasteiger partial charge in [0.1, 0.15) is 12.4 Å². The van der Waals surface area contributed by atoms with Crippen molar-refractivity contribution in [1.29, 1.82) is 0 Å². The highest BCUT2D eigenvalue weighted by atomic mass is 15.3. The highest BCUT2D eigenvalue weighted by molar-refractivity contribution is 5.86. The van der Waals surface area contributed by atoms with E-state index in [1.807, 2.05) is 24.4 Å². The van der Waals surface area contributed by atoms with Gasteiger partial charge >= 0.3 is 5.82 Å². The molecule has 0 atom stereocenters. The Morgan fingerprint density at radius 1 is 1.12 bits per heavy atom. The van der Waals surface area contributed by atoms with Crippen LogP contribution in [0.15, 0.2) is 48.7 Å². The first-order valence-corrected chi connectivity index (χ1v) is 5.67. The average molecular weight is 224 g/mol. The van der Waals surface area contributed by atoms with Crippen LogP contribution in [0.25, 0.3) is 0 Å². The van der Waals surface area contributed by atoms with Crippen LogP contribution in [-0.2, 0) is 0 Å². The van der Waals surface area contributed by atoms with Gasteiger partial charge in [-0.1, -0.05) is 18.2 Å². The molecule has 0 amide bonds. The number of benzene rings is 1. The van der Waals surface area contributed by atoms with Crippen molar-refractivity contribution in [2.24, 2.45) is 0 Å². The number of aromatic nitrogens is 1. The molecule has 0 radical (unpaired) electrons. The van der Waals surface area contributed by atoms with E-state index in [9.17, 15) is 0 Å². The molecule has 0 spiro atoms. The molecule has 0 unspecified atom stereocenters. The summed E-state index contributed by atoms with van der Waals surface area (Å²) in [7, 11) is 2.10. The van der Waals surface area contributed by atoms with Gasteiger partial charge in [0.2, 0.25) is 0 Å². The van der Waals surface area contributed by atoms with Crippen LogP contribution in [-0.4, -0.2) is 29.5 Å². The highest BCUT2D eigenvalue weighted by Crippen LogP contribution is 2.22. The second-order valence-electron chi connectivity index (χ2n) is 4.19. The number of hydrogen-bond acceptors (Lipinski definition) is 2. The number of anilines is 1. The van der Waals surface area contributed by atoms with Crippen molar-refractivity contribution in [1.82, 2.24) is 4.98 Å². The zero-order chi connectivity index (χ0) is 11.7. The van der Waals surface area contributed by atoms with Crippen LogP contribution in [0.1, 0.15) is 5.56 Å². The van der Waals surface area contributed by atoms with Gasteiger partial charge in [-0.05, 0) is 23.2 Å². The van der Waals surface area contributed by atoms with E-state index in [2.05, 4.69) is 52.0 Å². The van der Waals surface area contributed by atoms with E-state index in [0.717, 1.165) is 12.5 Å². The molecule has 84 valence electrons. The van der Waals surface area contributed by atoms with Gasteiger partial charge in [0.25, 0.3) is 0 Å². The molecule has 0 N–H and O–H groups in total. The van der Waals surface area contributed by atoms with E-state index in [1.165, 1.54) is 11.3 Å². The normalized spacial score (nSPS) is 14.2. The third-order valence-electron chi connectivity index (χ3n) is 2.95. The van der Waals surface area contributed by atoms with Gasteiger partial charge in [0.05, 0.1) is 5.69 Å². The molecule has 2 heterocycles. The monoisotopic (exact) mass is 224 g/mol. The first-order valence-electron chi connectivity index (χ1n) is 5.67. The van der Waals surface area contributed by atoms with Crippen molar-refractivity contribution in [3.63, 3.8) is 0 Å². The summed E-state index contributed by atoms with van der Waals surface area (Å²) >= 11 is 0. The van der Waals surface area contributed by atoms with E-state index in [0.29, 0.717) is 0 Å². The lowest BCUT2D eigenvalue weighted by Crippen LogP contribution is -2.32. The van der Waals surface area contributed by atoms with Crippen molar-refractivity contribution >= 4 is 17.7 Å². The van der Waals surface area contributed by atoms with E-state index in [4.69, 9.17) is 0 Å². The lowest BCUT2D eigenvalue weighted by molar-refractivity contribution is -0.439. The topological polar surface area (TPSA) is 19.1 Å². The van der Waals surface area contributed by atoms with Crippen LogP contribution in [0.2, 0.25) is 0 Å². The molecule has 1 aliphatic rings. The van der Waals surface area contributed by atoms with Gasteiger partial charge in [-0.3, -0.25) is 0 Å². The molecule has 0 aliphatic carbocycles. The van der Waals surface area contributed by atoms with Gasteiger partial charge < -0.3 is 4.90 Å². The maximum atomic E-state index is 4.38. The Hall–Kier alpha value is -2.16. The number of fused-ring (bicyclic) bond motifs is 1. The van der Waals surface area contributed by atoms with Gasteiger partial charge in [0, 0.05) is 18.7 Å². The second-order valence-corrected chi connectivity index (χ2v) is 4.19. The van der Waals surface area contributed by atoms with E-state index in [-0.39, 0.29) is 0 Å². The molecular weight excluding hydrogens is 210 g/mol. The molecular formula is C14H14N3+. The van der Waals surface area contributed by atoms with Crippen molar-refractivity contribution in [2.75, 3.05) is 18.6 Å². The molecule has 1 aromatic heterocycles. The third-order valence-corrected chi connectivity index (χ3v) is 2.95. The molecule has 17 heavy (non-hydrogen) atoms. The summed E-state index contributed by atoms with van der Waals surface area (Å²) in [6, 6.07) is 14.4. The zero-order valence-electron chi connectivity index (χ0n) is 9.74. The highest BCUT2D eigenvalue weighted by Gasteiger charge is 2.19. The maximum Gasteiger partial charge on any atom is 0.324 e. The van der Waals surface area contributed by atoms with Crippen molar-refractivity contribution < 1.29 is 4.58 Å². The number of pyridine rings is 1. The maximum absolute atomic E-state index is 4.38. The van der Waals surface area contributed by atoms with Crippen LogP contribution < -0.4 is 4.90 Å². The van der Waals surface area contributed by atoms with Crippen molar-refractivity contribution in [2.45, 2.75) is 0 Å². The first-order chi connectivity index (χ1) is 8.34. The quantitative estimate of drug-likeness (QED) is 0.692. The zero-order valence-corrected chi connectivity index (χ0v) is 9.74. The molecule has 3 rings (SSSR count). The average Bonchev–Trinajstić information content (AvgIpc) is 2.40. The summed E-state index contributed by atoms with van der Waals surface area (Å²) in [4.78, 5) is 6.60. The van der Waals surface area contributed by atoms with Gasteiger partial charge in [-0.15, -0.1) is 0 Å². The van der Waals surface area contributed by atoms with E-state index < -0.39 is 0 Å². The summed E-state index contributed by atoms with van der Waals surface area (Å²) in [6.07, 6.45) is 3.97. The molecule has 0 saturated heterocycles. The van der Waals surface area contributed by atoms with Gasteiger partial charge in [0.15, 0.2) is 6.67 Å². The van der Waals surface area contributed by atoms with E-state index in [1.54, 1.807) is 0 Å². The molecule has 1 aromatic carbocycles. The molecule has 0 bridgehead atoms. The summed E-state index contributed by atoms with van der Waals surface area (Å²) < 4.78 is 2.16. The summed E-state index contributed by atoms with van der Waals surface area (Å²) in [5.41, 5.74) is 2.49. The molecule has 0 fully saturated rings. The lowest BCUT2D eigenvalue weighted by Gasteiger charge is -2.24. The molecule has 2 aromatic rings. The largest absolute Gasteiger partial charge is 0.338 e. The van der Waals surface area contributed by atoms with Crippen LogP contribution in [0.5, 0.6) is 0 Å². The summed E-state index contributed by atoms with van der Waals surface area (Å²) in [5.74, 6) is 0.980. The van der Waals surface area contributed by atoms with Gasteiger partial charge in [-0.2, -0.15) is 0 Å². The summed E-state index contributed by atoms with van der Waals surface area (Å²) in [6.45, 7) is 0.827. The smallest absolute Gasteiger partial charge is 0.324 e. The predicted molar refractivity (Wildman–Crippen MR) is 69.0 cm³/mol. The van der Waals surface area contributed by atoms with Crippen LogP contribution in [0, 0.1) is 0 Å². The van der Waals surface area contributed by atoms with E-state index >= 15 is 0 Å². The Morgan fingerprint density at radius 3 is 2.76 bits per heavy atom. The minimum atomic E-state index is 0.827. The SMILES string of the molecule is CN1C[N+](c2ccccn2)=Cc2ccccc21. The molecule has 0 saturated carbocycles. The minimum absolute atomic E-state index is 0.827. The Labute approximate surface area is 101 Å². The standard InChI is InChI=1S/C14H14N3/c1-16-11-17(14-8-4-5-9-15-14)10-12-6-2-3-7-13(12)16/h2-10H,11H2,1H3/q+1. The Bertz CT molecular complexity index is 561. The van der Waals surface area contributed by atoms with Crippen LogP contribution >= 0.6 is 0 Å². The van der Waals surface area contributed by atoms with Crippen LogP contribution in [0.3, 0.4) is 0 Å². The van der Waals surface area contributed by atoms with Crippen molar-refractivity contribution in [3.05, 3.63) is 54.2 Å².